The molecule has 2 N–H and O–H groups in total. The minimum absolute atomic E-state index is 0.0744. The summed E-state index contributed by atoms with van der Waals surface area (Å²) in [5.41, 5.74) is 0.259. The summed E-state index contributed by atoms with van der Waals surface area (Å²) in [5.74, 6) is -0.753. The van der Waals surface area contributed by atoms with E-state index in [1.165, 1.54) is 12.1 Å². The topological polar surface area (TPSA) is 64.9 Å². The molecule has 0 saturated carbocycles. The third kappa shape index (κ3) is 3.95. The van der Waals surface area contributed by atoms with Gasteiger partial charge in [0.2, 0.25) is 5.91 Å². The van der Waals surface area contributed by atoms with Gasteiger partial charge in [0.1, 0.15) is 23.5 Å². The maximum Gasteiger partial charge on any atom is 0.242 e. The van der Waals surface area contributed by atoms with Crippen molar-refractivity contribution < 1.29 is 9.18 Å². The van der Waals surface area contributed by atoms with Crippen LogP contribution in [0.3, 0.4) is 0 Å². The van der Waals surface area contributed by atoms with Crippen molar-refractivity contribution in [1.29, 1.82) is 5.26 Å². The van der Waals surface area contributed by atoms with E-state index in [1.54, 1.807) is 19.1 Å². The van der Waals surface area contributed by atoms with Crippen LogP contribution in [0.4, 0.5) is 10.1 Å². The quantitative estimate of drug-likeness (QED) is 0.840. The van der Waals surface area contributed by atoms with Crippen molar-refractivity contribution in [3.8, 4) is 6.07 Å². The van der Waals surface area contributed by atoms with E-state index in [1.807, 2.05) is 13.8 Å². The predicted octanol–water partition coefficient (Wildman–Crippen LogP) is 2.80. The number of hydrogen-bond acceptors (Lipinski definition) is 3. The molecular formula is C15H20FN3O. The van der Waals surface area contributed by atoms with E-state index < -0.39 is 11.9 Å². The summed E-state index contributed by atoms with van der Waals surface area (Å²) in [6, 6.07) is 5.71. The van der Waals surface area contributed by atoms with E-state index in [4.69, 9.17) is 5.26 Å². The largest absolute Gasteiger partial charge is 0.373 e. The molecule has 1 aromatic carbocycles. The number of rotatable bonds is 6. The Balaban J connectivity index is 2.76. The van der Waals surface area contributed by atoms with E-state index >= 15 is 0 Å². The van der Waals surface area contributed by atoms with Gasteiger partial charge in [-0.15, -0.1) is 0 Å². The molecule has 0 aliphatic carbocycles. The number of amides is 1. The van der Waals surface area contributed by atoms with Gasteiger partial charge in [-0.25, -0.2) is 4.39 Å². The highest BCUT2D eigenvalue weighted by molar-refractivity contribution is 5.84. The number of nitrogens with zero attached hydrogens (tertiary/aromatic N) is 1. The van der Waals surface area contributed by atoms with Gasteiger partial charge in [0.15, 0.2) is 0 Å². The van der Waals surface area contributed by atoms with Gasteiger partial charge in [0.05, 0.1) is 5.69 Å². The van der Waals surface area contributed by atoms with Crippen LogP contribution in [0.2, 0.25) is 0 Å². The fraction of sp³-hybridized carbons (Fsp3) is 0.467. The van der Waals surface area contributed by atoms with Crippen molar-refractivity contribution >= 4 is 11.6 Å². The van der Waals surface area contributed by atoms with Gasteiger partial charge in [-0.05, 0) is 31.9 Å². The van der Waals surface area contributed by atoms with Gasteiger partial charge in [-0.2, -0.15) is 5.26 Å². The van der Waals surface area contributed by atoms with Crippen molar-refractivity contribution in [2.24, 2.45) is 0 Å². The fourth-order valence-electron chi connectivity index (χ4n) is 1.88. The number of hydrogen-bond donors (Lipinski definition) is 2. The molecule has 0 heterocycles. The summed E-state index contributed by atoms with van der Waals surface area (Å²) in [5, 5.41) is 14.7. The molecule has 1 rings (SSSR count). The van der Waals surface area contributed by atoms with Crippen LogP contribution in [0, 0.1) is 17.1 Å². The third-order valence-corrected chi connectivity index (χ3v) is 3.22. The lowest BCUT2D eigenvalue weighted by molar-refractivity contribution is -0.122. The number of carbonyl (C=O) groups excluding carboxylic acids is 1. The maximum absolute atomic E-state index is 13.5. The van der Waals surface area contributed by atoms with Crippen LogP contribution in [0.5, 0.6) is 0 Å². The molecule has 0 bridgehead atoms. The molecule has 0 fully saturated rings. The fourth-order valence-corrected chi connectivity index (χ4v) is 1.88. The SMILES string of the molecule is CCC(CC)NC(=O)C(C)Nc1cccc(F)c1C#N. The van der Waals surface area contributed by atoms with Gasteiger partial charge in [0, 0.05) is 6.04 Å². The summed E-state index contributed by atoms with van der Waals surface area (Å²) in [7, 11) is 0. The molecule has 0 aliphatic heterocycles. The first-order valence-electron chi connectivity index (χ1n) is 6.78. The normalized spacial score (nSPS) is 11.8. The van der Waals surface area contributed by atoms with Crippen molar-refractivity contribution in [3.05, 3.63) is 29.6 Å². The molecule has 1 amide bonds. The van der Waals surface area contributed by atoms with Crippen LogP contribution in [-0.4, -0.2) is 18.0 Å². The number of halogens is 1. The van der Waals surface area contributed by atoms with Crippen molar-refractivity contribution in [2.45, 2.75) is 45.7 Å². The summed E-state index contributed by atoms with van der Waals surface area (Å²) in [4.78, 5) is 12.0. The molecule has 1 unspecified atom stereocenters. The zero-order chi connectivity index (χ0) is 15.1. The maximum atomic E-state index is 13.5. The number of benzene rings is 1. The van der Waals surface area contributed by atoms with Gasteiger partial charge in [0.25, 0.3) is 0 Å². The lowest BCUT2D eigenvalue weighted by Crippen LogP contribution is -2.42. The number of carbonyl (C=O) groups is 1. The Hall–Kier alpha value is -2.09. The highest BCUT2D eigenvalue weighted by Gasteiger charge is 2.17. The third-order valence-electron chi connectivity index (χ3n) is 3.22. The van der Waals surface area contributed by atoms with Crippen molar-refractivity contribution in [1.82, 2.24) is 5.32 Å². The Bertz CT molecular complexity index is 506. The monoisotopic (exact) mass is 277 g/mol. The molecule has 4 nitrogen and oxygen atoms in total. The summed E-state index contributed by atoms with van der Waals surface area (Å²) >= 11 is 0. The molecule has 0 aromatic heterocycles. The van der Waals surface area contributed by atoms with E-state index in [-0.39, 0.29) is 17.5 Å². The minimum Gasteiger partial charge on any atom is -0.373 e. The van der Waals surface area contributed by atoms with Crippen LogP contribution < -0.4 is 10.6 Å². The van der Waals surface area contributed by atoms with Gasteiger partial charge in [-0.3, -0.25) is 4.79 Å². The van der Waals surface area contributed by atoms with Crippen LogP contribution in [0.25, 0.3) is 0 Å². The first-order chi connectivity index (χ1) is 9.53. The van der Waals surface area contributed by atoms with Gasteiger partial charge >= 0.3 is 0 Å². The van der Waals surface area contributed by atoms with E-state index in [0.717, 1.165) is 12.8 Å². The molecule has 0 saturated heterocycles. The standard InChI is InChI=1S/C15H20FN3O/c1-4-11(5-2)19-15(20)10(3)18-14-8-6-7-13(16)12(14)9-17/h6-8,10-11,18H,4-5H2,1-3H3,(H,19,20). The minimum atomic E-state index is -0.592. The van der Waals surface area contributed by atoms with Gasteiger partial charge in [-0.1, -0.05) is 19.9 Å². The Kier molecular flexibility index (Phi) is 5.98. The molecule has 1 atom stereocenters. The molecule has 0 radical (unpaired) electrons. The molecule has 0 aliphatic rings. The van der Waals surface area contributed by atoms with Crippen molar-refractivity contribution in [3.63, 3.8) is 0 Å². The Morgan fingerprint density at radius 1 is 1.40 bits per heavy atom. The first-order valence-corrected chi connectivity index (χ1v) is 6.78. The second kappa shape index (κ2) is 7.49. The first kappa shape index (κ1) is 16.0. The average Bonchev–Trinajstić information content (AvgIpc) is 2.44. The zero-order valence-electron chi connectivity index (χ0n) is 12.0. The highest BCUT2D eigenvalue weighted by atomic mass is 19.1. The summed E-state index contributed by atoms with van der Waals surface area (Å²) in [6.45, 7) is 5.70. The summed E-state index contributed by atoms with van der Waals surface area (Å²) < 4.78 is 13.5. The van der Waals surface area contributed by atoms with E-state index in [9.17, 15) is 9.18 Å². The molecular weight excluding hydrogens is 257 g/mol. The smallest absolute Gasteiger partial charge is 0.242 e. The number of anilines is 1. The van der Waals surface area contributed by atoms with Crippen LogP contribution in [-0.2, 0) is 4.79 Å². The number of nitriles is 1. The molecule has 108 valence electrons. The van der Waals surface area contributed by atoms with E-state index in [2.05, 4.69) is 10.6 Å². The lowest BCUT2D eigenvalue weighted by atomic mass is 10.1. The summed E-state index contributed by atoms with van der Waals surface area (Å²) in [6.07, 6.45) is 1.72. The van der Waals surface area contributed by atoms with Crippen LogP contribution in [0.1, 0.15) is 39.2 Å². The lowest BCUT2D eigenvalue weighted by Gasteiger charge is -2.20. The second-order valence-electron chi connectivity index (χ2n) is 4.66. The molecule has 20 heavy (non-hydrogen) atoms. The van der Waals surface area contributed by atoms with Crippen LogP contribution in [0.15, 0.2) is 18.2 Å². The zero-order valence-corrected chi connectivity index (χ0v) is 12.0. The van der Waals surface area contributed by atoms with Crippen LogP contribution >= 0.6 is 0 Å². The predicted molar refractivity (Wildman–Crippen MR) is 76.7 cm³/mol. The number of nitrogens with one attached hydrogen (secondary N) is 2. The van der Waals surface area contributed by atoms with E-state index in [0.29, 0.717) is 5.69 Å². The average molecular weight is 277 g/mol. The Morgan fingerprint density at radius 2 is 2.05 bits per heavy atom. The van der Waals surface area contributed by atoms with Gasteiger partial charge < -0.3 is 10.6 Å². The highest BCUT2D eigenvalue weighted by Crippen LogP contribution is 2.18. The second-order valence-corrected chi connectivity index (χ2v) is 4.66. The Morgan fingerprint density at radius 3 is 2.60 bits per heavy atom. The molecule has 5 heteroatoms. The van der Waals surface area contributed by atoms with Crippen molar-refractivity contribution in [2.75, 3.05) is 5.32 Å². The molecule has 0 spiro atoms. The molecule has 1 aromatic rings. The Labute approximate surface area is 119 Å².